The van der Waals surface area contributed by atoms with Crippen molar-refractivity contribution in [3.63, 3.8) is 0 Å². The lowest BCUT2D eigenvalue weighted by molar-refractivity contribution is 0.0432. The molecule has 0 aliphatic heterocycles. The second kappa shape index (κ2) is 9.09. The van der Waals surface area contributed by atoms with Crippen LogP contribution in [0.25, 0.3) is 0 Å². The first-order valence-corrected chi connectivity index (χ1v) is 6.56. The molecule has 0 aromatic heterocycles. The zero-order chi connectivity index (χ0) is 13.2. The maximum absolute atomic E-state index is 11.8. The molecule has 18 heavy (non-hydrogen) atoms. The van der Waals surface area contributed by atoms with Crippen LogP contribution in [0.5, 0.6) is 0 Å². The lowest BCUT2D eigenvalue weighted by Crippen LogP contribution is -2.13. The van der Waals surface area contributed by atoms with Crippen LogP contribution in [0, 0.1) is 0 Å². The second-order valence-corrected chi connectivity index (χ2v) is 4.33. The van der Waals surface area contributed by atoms with Gasteiger partial charge in [-0.25, -0.2) is 0 Å². The van der Waals surface area contributed by atoms with Gasteiger partial charge in [0.05, 0.1) is 18.2 Å². The number of carbonyl (C=O) groups is 1. The summed E-state index contributed by atoms with van der Waals surface area (Å²) in [7, 11) is 0. The standard InChI is InChI=1S/C14H19ClO3/c1-2-3-8-17-9-10-18-11-14(16)12-6-4-5-7-13(12)15/h4-7H,2-3,8-11H2,1H3. The lowest BCUT2D eigenvalue weighted by Gasteiger charge is -2.06. The topological polar surface area (TPSA) is 35.5 Å². The average Bonchev–Trinajstić information content (AvgIpc) is 2.38. The van der Waals surface area contributed by atoms with Crippen molar-refractivity contribution in [2.75, 3.05) is 26.4 Å². The van der Waals surface area contributed by atoms with E-state index in [1.165, 1.54) is 0 Å². The maximum atomic E-state index is 11.8. The van der Waals surface area contributed by atoms with E-state index in [4.69, 9.17) is 21.1 Å². The zero-order valence-electron chi connectivity index (χ0n) is 10.7. The van der Waals surface area contributed by atoms with Crippen LogP contribution in [0.1, 0.15) is 30.1 Å². The molecule has 0 heterocycles. The van der Waals surface area contributed by atoms with Crippen molar-refractivity contribution in [3.8, 4) is 0 Å². The Morgan fingerprint density at radius 1 is 1.17 bits per heavy atom. The molecule has 0 aliphatic carbocycles. The summed E-state index contributed by atoms with van der Waals surface area (Å²) in [5.41, 5.74) is 0.506. The molecule has 0 saturated carbocycles. The van der Waals surface area contributed by atoms with E-state index in [-0.39, 0.29) is 12.4 Å². The van der Waals surface area contributed by atoms with Crippen LogP contribution in [-0.2, 0) is 9.47 Å². The molecular weight excluding hydrogens is 252 g/mol. The maximum Gasteiger partial charge on any atom is 0.189 e. The molecule has 0 N–H and O–H groups in total. The van der Waals surface area contributed by atoms with Crippen LogP contribution in [0.2, 0.25) is 5.02 Å². The Balaban J connectivity index is 2.16. The van der Waals surface area contributed by atoms with Gasteiger partial charge < -0.3 is 9.47 Å². The Morgan fingerprint density at radius 2 is 1.89 bits per heavy atom. The van der Waals surface area contributed by atoms with E-state index in [1.807, 2.05) is 0 Å². The van der Waals surface area contributed by atoms with Crippen molar-refractivity contribution in [2.45, 2.75) is 19.8 Å². The Bertz CT molecular complexity index is 366. The van der Waals surface area contributed by atoms with Crippen molar-refractivity contribution in [1.29, 1.82) is 0 Å². The fourth-order valence-corrected chi connectivity index (χ4v) is 1.64. The van der Waals surface area contributed by atoms with E-state index >= 15 is 0 Å². The highest BCUT2D eigenvalue weighted by Crippen LogP contribution is 2.15. The third-order valence-electron chi connectivity index (χ3n) is 2.42. The highest BCUT2D eigenvalue weighted by atomic mass is 35.5. The van der Waals surface area contributed by atoms with Crippen LogP contribution < -0.4 is 0 Å². The molecule has 0 spiro atoms. The van der Waals surface area contributed by atoms with Gasteiger partial charge in [-0.15, -0.1) is 0 Å². The number of carbonyl (C=O) groups excluding carboxylic acids is 1. The summed E-state index contributed by atoms with van der Waals surface area (Å²) in [5.74, 6) is -0.103. The number of hydrogen-bond acceptors (Lipinski definition) is 3. The third-order valence-corrected chi connectivity index (χ3v) is 2.75. The van der Waals surface area contributed by atoms with Crippen LogP contribution in [0.4, 0.5) is 0 Å². The molecular formula is C14H19ClO3. The molecule has 0 saturated heterocycles. The first-order chi connectivity index (χ1) is 8.75. The quantitative estimate of drug-likeness (QED) is 0.510. The number of Topliss-reactive ketones (excluding diaryl/α,β-unsaturated/α-hetero) is 1. The normalized spacial score (nSPS) is 10.6. The van der Waals surface area contributed by atoms with Crippen LogP contribution in [0.3, 0.4) is 0 Å². The first-order valence-electron chi connectivity index (χ1n) is 6.19. The third kappa shape index (κ3) is 5.63. The van der Waals surface area contributed by atoms with Gasteiger partial charge in [0.2, 0.25) is 0 Å². The van der Waals surface area contributed by atoms with Gasteiger partial charge in [-0.05, 0) is 18.6 Å². The molecule has 0 amide bonds. The summed E-state index contributed by atoms with van der Waals surface area (Å²) < 4.78 is 10.6. The number of benzene rings is 1. The summed E-state index contributed by atoms with van der Waals surface area (Å²) in [6.45, 7) is 3.86. The molecule has 100 valence electrons. The van der Waals surface area contributed by atoms with Gasteiger partial charge in [0.15, 0.2) is 5.78 Å². The number of ether oxygens (including phenoxy) is 2. The summed E-state index contributed by atoms with van der Waals surface area (Å²) >= 11 is 5.92. The highest BCUT2D eigenvalue weighted by Gasteiger charge is 2.09. The van der Waals surface area contributed by atoms with Gasteiger partial charge in [-0.3, -0.25) is 4.79 Å². The smallest absolute Gasteiger partial charge is 0.189 e. The Hall–Kier alpha value is -0.900. The summed E-state index contributed by atoms with van der Waals surface area (Å²) in [4.78, 5) is 11.8. The summed E-state index contributed by atoms with van der Waals surface area (Å²) in [6.07, 6.45) is 2.17. The zero-order valence-corrected chi connectivity index (χ0v) is 11.4. The van der Waals surface area contributed by atoms with Crippen LogP contribution in [0.15, 0.2) is 24.3 Å². The predicted octanol–water partition coefficient (Wildman–Crippen LogP) is 3.36. The Morgan fingerprint density at radius 3 is 2.61 bits per heavy atom. The van der Waals surface area contributed by atoms with E-state index in [0.717, 1.165) is 19.4 Å². The largest absolute Gasteiger partial charge is 0.379 e. The molecule has 0 unspecified atom stereocenters. The molecule has 1 rings (SSSR count). The fraction of sp³-hybridized carbons (Fsp3) is 0.500. The van der Waals surface area contributed by atoms with E-state index < -0.39 is 0 Å². The molecule has 0 atom stereocenters. The number of ketones is 1. The van der Waals surface area contributed by atoms with E-state index in [9.17, 15) is 4.79 Å². The molecule has 0 fully saturated rings. The van der Waals surface area contributed by atoms with Crippen LogP contribution >= 0.6 is 11.6 Å². The Labute approximate surface area is 113 Å². The fourth-order valence-electron chi connectivity index (χ4n) is 1.40. The number of hydrogen-bond donors (Lipinski definition) is 0. The SMILES string of the molecule is CCCCOCCOCC(=O)c1ccccc1Cl. The van der Waals surface area contributed by atoms with E-state index in [1.54, 1.807) is 24.3 Å². The highest BCUT2D eigenvalue weighted by molar-refractivity contribution is 6.34. The minimum absolute atomic E-state index is 0.0425. The molecule has 0 bridgehead atoms. The molecule has 4 heteroatoms. The van der Waals surface area contributed by atoms with Crippen molar-refractivity contribution in [1.82, 2.24) is 0 Å². The Kier molecular flexibility index (Phi) is 7.65. The number of unbranched alkanes of at least 4 members (excludes halogenated alkanes) is 1. The predicted molar refractivity (Wildman–Crippen MR) is 72.3 cm³/mol. The van der Waals surface area contributed by atoms with Gasteiger partial charge in [-0.2, -0.15) is 0 Å². The van der Waals surface area contributed by atoms with E-state index in [0.29, 0.717) is 23.8 Å². The lowest BCUT2D eigenvalue weighted by atomic mass is 10.1. The molecule has 1 aromatic carbocycles. The van der Waals surface area contributed by atoms with Gasteiger partial charge in [0.1, 0.15) is 6.61 Å². The van der Waals surface area contributed by atoms with E-state index in [2.05, 4.69) is 6.92 Å². The monoisotopic (exact) mass is 270 g/mol. The minimum Gasteiger partial charge on any atom is -0.379 e. The average molecular weight is 271 g/mol. The minimum atomic E-state index is -0.103. The molecule has 1 aromatic rings. The molecule has 0 radical (unpaired) electrons. The van der Waals surface area contributed by atoms with Crippen LogP contribution in [-0.4, -0.2) is 32.2 Å². The first kappa shape index (κ1) is 15.2. The molecule has 3 nitrogen and oxygen atoms in total. The number of rotatable bonds is 9. The molecule has 0 aliphatic rings. The van der Waals surface area contributed by atoms with Crippen molar-refractivity contribution in [3.05, 3.63) is 34.9 Å². The second-order valence-electron chi connectivity index (χ2n) is 3.92. The van der Waals surface area contributed by atoms with Gasteiger partial charge in [-0.1, -0.05) is 37.1 Å². The van der Waals surface area contributed by atoms with Gasteiger partial charge in [0.25, 0.3) is 0 Å². The van der Waals surface area contributed by atoms with Gasteiger partial charge >= 0.3 is 0 Å². The van der Waals surface area contributed by atoms with Crippen molar-refractivity contribution in [2.24, 2.45) is 0 Å². The number of halogens is 1. The summed E-state index contributed by atoms with van der Waals surface area (Å²) in [5, 5.41) is 0.463. The van der Waals surface area contributed by atoms with Crippen molar-refractivity contribution >= 4 is 17.4 Å². The van der Waals surface area contributed by atoms with Gasteiger partial charge in [0, 0.05) is 12.2 Å². The summed E-state index contributed by atoms with van der Waals surface area (Å²) in [6, 6.07) is 6.98. The van der Waals surface area contributed by atoms with Crippen molar-refractivity contribution < 1.29 is 14.3 Å².